The zero-order valence-electron chi connectivity index (χ0n) is 7.47. The maximum atomic E-state index is 11.2. The molecular formula is C10H6O4S. The van der Waals surface area contributed by atoms with Crippen LogP contribution in [0.15, 0.2) is 35.2 Å². The first-order chi connectivity index (χ1) is 7.09. The fraction of sp³-hybridized carbons (Fsp3) is 0. The van der Waals surface area contributed by atoms with Crippen molar-refractivity contribution in [3.05, 3.63) is 30.3 Å². The molecule has 1 N–H and O–H groups in total. The lowest BCUT2D eigenvalue weighted by Gasteiger charge is -2.21. The Morgan fingerprint density at radius 1 is 1.20 bits per heavy atom. The van der Waals surface area contributed by atoms with Gasteiger partial charge in [0.15, 0.2) is 10.6 Å². The van der Waals surface area contributed by atoms with Crippen LogP contribution in [-0.4, -0.2) is 13.5 Å². The first-order valence-corrected chi connectivity index (χ1v) is 5.69. The molecule has 0 aliphatic carbocycles. The van der Waals surface area contributed by atoms with Gasteiger partial charge in [-0.25, -0.2) is 0 Å². The van der Waals surface area contributed by atoms with Crippen molar-refractivity contribution in [3.63, 3.8) is 0 Å². The summed E-state index contributed by atoms with van der Waals surface area (Å²) in [6.07, 6.45) is 0. The molecule has 0 radical (unpaired) electrons. The van der Waals surface area contributed by atoms with E-state index in [9.17, 15) is 13.5 Å². The molecule has 0 atom stereocenters. The summed E-state index contributed by atoms with van der Waals surface area (Å²) in [7, 11) is -3.71. The summed E-state index contributed by atoms with van der Waals surface area (Å²) < 4.78 is 27.0. The highest BCUT2D eigenvalue weighted by Crippen LogP contribution is 2.46. The molecule has 1 aliphatic rings. The number of aromatic hydroxyl groups is 1. The second-order valence-corrected chi connectivity index (χ2v) is 4.79. The minimum atomic E-state index is -3.71. The van der Waals surface area contributed by atoms with Crippen molar-refractivity contribution in [2.45, 2.75) is 4.90 Å². The average Bonchev–Trinajstić information content (AvgIpc) is 2.16. The van der Waals surface area contributed by atoms with E-state index in [1.54, 1.807) is 30.3 Å². The molecule has 2 aromatic rings. The van der Waals surface area contributed by atoms with Crippen molar-refractivity contribution in [2.24, 2.45) is 0 Å². The van der Waals surface area contributed by atoms with Crippen LogP contribution < -0.4 is 4.18 Å². The summed E-state index contributed by atoms with van der Waals surface area (Å²) in [6.45, 7) is 0. The molecular weight excluding hydrogens is 216 g/mol. The highest BCUT2D eigenvalue weighted by atomic mass is 32.2. The number of hydrogen-bond acceptors (Lipinski definition) is 4. The SMILES string of the molecule is O=S1(=O)Oc2cc3ccccc3c(O)c21. The standard InChI is InChI=1S/C10H6O4S/c11-9-7-4-2-1-3-6(7)5-8-10(9)15(12,13)14-8/h1-5,11H. The van der Waals surface area contributed by atoms with Gasteiger partial charge < -0.3 is 9.29 Å². The van der Waals surface area contributed by atoms with Crippen molar-refractivity contribution >= 4 is 20.9 Å². The van der Waals surface area contributed by atoms with Crippen LogP contribution in [-0.2, 0) is 10.1 Å². The maximum Gasteiger partial charge on any atom is 0.346 e. The lowest BCUT2D eigenvalue weighted by molar-refractivity contribution is 0.408. The van der Waals surface area contributed by atoms with Gasteiger partial charge >= 0.3 is 10.1 Å². The fourth-order valence-electron chi connectivity index (χ4n) is 1.71. The molecule has 0 bridgehead atoms. The minimum Gasteiger partial charge on any atom is -0.506 e. The number of phenolic OH excluding ortho intramolecular Hbond substituents is 1. The molecule has 0 spiro atoms. The van der Waals surface area contributed by atoms with E-state index in [2.05, 4.69) is 4.18 Å². The Balaban J connectivity index is 2.52. The Morgan fingerprint density at radius 3 is 2.67 bits per heavy atom. The normalized spacial score (nSPS) is 16.5. The van der Waals surface area contributed by atoms with E-state index in [-0.39, 0.29) is 16.4 Å². The molecule has 0 fully saturated rings. The zero-order chi connectivity index (χ0) is 10.6. The van der Waals surface area contributed by atoms with E-state index in [4.69, 9.17) is 0 Å². The van der Waals surface area contributed by atoms with Gasteiger partial charge in [-0.2, -0.15) is 8.42 Å². The number of benzene rings is 2. The van der Waals surface area contributed by atoms with Crippen LogP contribution in [0.2, 0.25) is 0 Å². The van der Waals surface area contributed by atoms with Crippen molar-refractivity contribution in [3.8, 4) is 11.5 Å². The summed E-state index contributed by atoms with van der Waals surface area (Å²) in [6, 6.07) is 8.59. The number of hydrogen-bond donors (Lipinski definition) is 1. The Bertz CT molecular complexity index is 673. The molecule has 0 saturated carbocycles. The third-order valence-corrected chi connectivity index (χ3v) is 3.68. The van der Waals surface area contributed by atoms with E-state index in [0.717, 1.165) is 5.39 Å². The van der Waals surface area contributed by atoms with Gasteiger partial charge in [-0.3, -0.25) is 0 Å². The second-order valence-electron chi connectivity index (χ2n) is 3.31. The molecule has 15 heavy (non-hydrogen) atoms. The van der Waals surface area contributed by atoms with Gasteiger partial charge in [-0.05, 0) is 11.5 Å². The largest absolute Gasteiger partial charge is 0.506 e. The number of rotatable bonds is 0. The van der Waals surface area contributed by atoms with E-state index in [0.29, 0.717) is 5.39 Å². The van der Waals surface area contributed by atoms with Gasteiger partial charge in [0.1, 0.15) is 5.75 Å². The molecule has 0 unspecified atom stereocenters. The summed E-state index contributed by atoms with van der Waals surface area (Å²) in [4.78, 5) is -0.110. The monoisotopic (exact) mass is 222 g/mol. The minimum absolute atomic E-state index is 0.110. The Kier molecular flexibility index (Phi) is 1.39. The Labute approximate surface area is 85.8 Å². The van der Waals surface area contributed by atoms with Crippen molar-refractivity contribution in [1.29, 1.82) is 0 Å². The third-order valence-electron chi connectivity index (χ3n) is 2.39. The van der Waals surface area contributed by atoms with Gasteiger partial charge in [0, 0.05) is 5.39 Å². The van der Waals surface area contributed by atoms with E-state index < -0.39 is 10.1 Å². The van der Waals surface area contributed by atoms with Crippen LogP contribution in [0.5, 0.6) is 11.5 Å². The Hall–Kier alpha value is -1.75. The van der Waals surface area contributed by atoms with E-state index in [1.807, 2.05) is 0 Å². The molecule has 3 rings (SSSR count). The molecule has 1 heterocycles. The molecule has 2 aromatic carbocycles. The molecule has 0 saturated heterocycles. The smallest absolute Gasteiger partial charge is 0.346 e. The second kappa shape index (κ2) is 2.43. The number of fused-ring (bicyclic) bond motifs is 2. The Morgan fingerprint density at radius 2 is 1.93 bits per heavy atom. The average molecular weight is 222 g/mol. The summed E-state index contributed by atoms with van der Waals surface area (Å²) in [5, 5.41) is 11.0. The van der Waals surface area contributed by atoms with Gasteiger partial charge in [-0.15, -0.1) is 0 Å². The highest BCUT2D eigenvalue weighted by Gasteiger charge is 2.38. The topological polar surface area (TPSA) is 63.6 Å². The molecule has 5 heteroatoms. The van der Waals surface area contributed by atoms with Crippen LogP contribution >= 0.6 is 0 Å². The zero-order valence-corrected chi connectivity index (χ0v) is 8.28. The summed E-state index contributed by atoms with van der Waals surface area (Å²) in [5.74, 6) is -0.0134. The van der Waals surface area contributed by atoms with Crippen molar-refractivity contribution in [1.82, 2.24) is 0 Å². The molecule has 76 valence electrons. The first-order valence-electron chi connectivity index (χ1n) is 4.29. The first kappa shape index (κ1) is 8.55. The van der Waals surface area contributed by atoms with Crippen LogP contribution in [0, 0.1) is 0 Å². The van der Waals surface area contributed by atoms with Gasteiger partial charge in [-0.1, -0.05) is 24.3 Å². The highest BCUT2D eigenvalue weighted by molar-refractivity contribution is 7.88. The van der Waals surface area contributed by atoms with Crippen molar-refractivity contribution in [2.75, 3.05) is 0 Å². The van der Waals surface area contributed by atoms with Crippen LogP contribution in [0.3, 0.4) is 0 Å². The lowest BCUT2D eigenvalue weighted by Crippen LogP contribution is -2.21. The quantitative estimate of drug-likeness (QED) is 0.688. The molecule has 0 aromatic heterocycles. The van der Waals surface area contributed by atoms with Crippen molar-refractivity contribution < 1.29 is 17.7 Å². The van der Waals surface area contributed by atoms with Gasteiger partial charge in [0.2, 0.25) is 0 Å². The molecule has 1 aliphatic heterocycles. The predicted octanol–water partition coefficient (Wildman–Crippen LogP) is 1.63. The van der Waals surface area contributed by atoms with Crippen LogP contribution in [0.1, 0.15) is 0 Å². The van der Waals surface area contributed by atoms with Gasteiger partial charge in [0.05, 0.1) is 0 Å². The predicted molar refractivity (Wildman–Crippen MR) is 53.4 cm³/mol. The molecule has 4 nitrogen and oxygen atoms in total. The third kappa shape index (κ3) is 0.979. The van der Waals surface area contributed by atoms with Crippen LogP contribution in [0.4, 0.5) is 0 Å². The van der Waals surface area contributed by atoms with Crippen LogP contribution in [0.25, 0.3) is 10.8 Å². The summed E-state index contributed by atoms with van der Waals surface area (Å²) >= 11 is 0. The fourth-order valence-corrected chi connectivity index (χ4v) is 2.74. The van der Waals surface area contributed by atoms with Gasteiger partial charge in [0.25, 0.3) is 0 Å². The van der Waals surface area contributed by atoms with E-state index >= 15 is 0 Å². The summed E-state index contributed by atoms with van der Waals surface area (Å²) in [5.41, 5.74) is 0. The van der Waals surface area contributed by atoms with E-state index in [1.165, 1.54) is 0 Å². The lowest BCUT2D eigenvalue weighted by atomic mass is 10.1. The number of phenols is 1. The maximum absolute atomic E-state index is 11.2. The molecule has 0 amide bonds.